The van der Waals surface area contributed by atoms with Gasteiger partial charge in [-0.1, -0.05) is 30.4 Å². The van der Waals surface area contributed by atoms with Gasteiger partial charge in [-0.25, -0.2) is 4.98 Å². The highest BCUT2D eigenvalue weighted by molar-refractivity contribution is 7.22. The Bertz CT molecular complexity index is 629. The van der Waals surface area contributed by atoms with E-state index in [1.807, 2.05) is 24.3 Å². The number of para-hydroxylation sites is 1. The van der Waals surface area contributed by atoms with E-state index in [1.54, 1.807) is 0 Å². The van der Waals surface area contributed by atoms with Gasteiger partial charge in [-0.05, 0) is 37.1 Å². The van der Waals surface area contributed by atoms with Crippen molar-refractivity contribution in [3.05, 3.63) is 24.3 Å². The summed E-state index contributed by atoms with van der Waals surface area (Å²) in [5, 5.41) is 3.57. The van der Waals surface area contributed by atoms with E-state index < -0.39 is 0 Å². The number of hydrogen-bond donors (Lipinski definition) is 2. The predicted octanol–water partition coefficient (Wildman–Crippen LogP) is 2.33. The lowest BCUT2D eigenvalue weighted by Crippen LogP contribution is -2.35. The molecule has 0 bridgehead atoms. The van der Waals surface area contributed by atoms with Gasteiger partial charge in [-0.15, -0.1) is 12.4 Å². The zero-order valence-corrected chi connectivity index (χ0v) is 14.2. The van der Waals surface area contributed by atoms with E-state index in [4.69, 9.17) is 5.73 Å². The van der Waals surface area contributed by atoms with Crippen molar-refractivity contribution in [2.24, 2.45) is 11.1 Å². The molecule has 3 rings (SSSR count). The topological polar surface area (TPSA) is 71.2 Å². The number of halogens is 1. The van der Waals surface area contributed by atoms with Crippen molar-refractivity contribution in [1.82, 2.24) is 9.88 Å². The molecule has 1 aliphatic rings. The second-order valence-electron chi connectivity index (χ2n) is 6.01. The van der Waals surface area contributed by atoms with E-state index in [0.717, 1.165) is 29.7 Å². The Morgan fingerprint density at radius 3 is 2.95 bits per heavy atom. The Morgan fingerprint density at radius 2 is 2.27 bits per heavy atom. The van der Waals surface area contributed by atoms with Gasteiger partial charge in [0, 0.05) is 6.54 Å². The molecule has 1 fully saturated rings. The first kappa shape index (κ1) is 17.1. The summed E-state index contributed by atoms with van der Waals surface area (Å²) in [5.74, 6) is -0.00433. The third kappa shape index (κ3) is 3.76. The van der Waals surface area contributed by atoms with Crippen molar-refractivity contribution in [3.8, 4) is 0 Å². The molecule has 1 saturated heterocycles. The third-order valence-electron chi connectivity index (χ3n) is 4.04. The summed E-state index contributed by atoms with van der Waals surface area (Å²) in [4.78, 5) is 18.7. The summed E-state index contributed by atoms with van der Waals surface area (Å²) in [7, 11) is 0. The molecule has 2 heterocycles. The monoisotopic (exact) mass is 340 g/mol. The average Bonchev–Trinajstić information content (AvgIpc) is 3.02. The van der Waals surface area contributed by atoms with E-state index >= 15 is 0 Å². The molecule has 1 aliphatic heterocycles. The van der Waals surface area contributed by atoms with E-state index in [2.05, 4.69) is 22.1 Å². The smallest absolute Gasteiger partial charge is 0.240 e. The lowest BCUT2D eigenvalue weighted by molar-refractivity contribution is -0.117. The van der Waals surface area contributed by atoms with E-state index in [-0.39, 0.29) is 23.7 Å². The maximum atomic E-state index is 12.1. The number of aromatic nitrogens is 1. The number of nitrogens with two attached hydrogens (primary N) is 1. The number of benzene rings is 1. The van der Waals surface area contributed by atoms with E-state index in [0.29, 0.717) is 18.2 Å². The minimum Gasteiger partial charge on any atom is -0.330 e. The standard InChI is InChI=1S/C15H20N4OS.ClH/c1-15(9-16)6-7-19(10-15)8-13(20)18-14-17-11-4-2-3-5-12(11)21-14;/h2-5H,6-10,16H2,1H3,(H,17,18,20);1H. The van der Waals surface area contributed by atoms with Crippen LogP contribution in [0.3, 0.4) is 0 Å². The number of fused-ring (bicyclic) bond motifs is 1. The van der Waals surface area contributed by atoms with Gasteiger partial charge in [0.15, 0.2) is 5.13 Å². The summed E-state index contributed by atoms with van der Waals surface area (Å²) in [6, 6.07) is 7.89. The normalized spacial score (nSPS) is 21.7. The highest BCUT2D eigenvalue weighted by atomic mass is 35.5. The number of carbonyl (C=O) groups excluding carboxylic acids is 1. The van der Waals surface area contributed by atoms with Crippen LogP contribution in [-0.2, 0) is 4.79 Å². The first-order valence-corrected chi connectivity index (χ1v) is 7.97. The maximum Gasteiger partial charge on any atom is 0.240 e. The van der Waals surface area contributed by atoms with Gasteiger partial charge in [0.2, 0.25) is 5.91 Å². The summed E-state index contributed by atoms with van der Waals surface area (Å²) < 4.78 is 1.09. The average molecular weight is 341 g/mol. The fourth-order valence-electron chi connectivity index (χ4n) is 2.72. The van der Waals surface area contributed by atoms with Gasteiger partial charge in [-0.3, -0.25) is 9.69 Å². The van der Waals surface area contributed by atoms with Crippen LogP contribution in [0.1, 0.15) is 13.3 Å². The quantitative estimate of drug-likeness (QED) is 0.896. The third-order valence-corrected chi connectivity index (χ3v) is 4.99. The second kappa shape index (κ2) is 6.91. The van der Waals surface area contributed by atoms with Crippen LogP contribution in [0.25, 0.3) is 10.2 Å². The molecule has 1 unspecified atom stereocenters. The summed E-state index contributed by atoms with van der Waals surface area (Å²) >= 11 is 1.51. The van der Waals surface area contributed by atoms with Crippen molar-refractivity contribution in [2.45, 2.75) is 13.3 Å². The molecule has 0 saturated carbocycles. The number of nitrogens with zero attached hydrogens (tertiary/aromatic N) is 2. The van der Waals surface area contributed by atoms with Crippen LogP contribution < -0.4 is 11.1 Å². The minimum atomic E-state index is -0.00433. The Morgan fingerprint density at radius 1 is 1.50 bits per heavy atom. The molecular weight excluding hydrogens is 320 g/mol. The lowest BCUT2D eigenvalue weighted by Gasteiger charge is -2.22. The molecule has 1 aromatic carbocycles. The van der Waals surface area contributed by atoms with Crippen molar-refractivity contribution >= 4 is 45.0 Å². The molecule has 120 valence electrons. The van der Waals surface area contributed by atoms with Gasteiger partial charge in [-0.2, -0.15) is 0 Å². The molecule has 22 heavy (non-hydrogen) atoms. The fraction of sp³-hybridized carbons (Fsp3) is 0.467. The molecule has 1 atom stereocenters. The van der Waals surface area contributed by atoms with Gasteiger partial charge in [0.1, 0.15) is 0 Å². The molecule has 1 aromatic heterocycles. The summed E-state index contributed by atoms with van der Waals surface area (Å²) in [6.45, 7) is 5.07. The number of amides is 1. The van der Waals surface area contributed by atoms with Crippen LogP contribution >= 0.6 is 23.7 Å². The molecule has 5 nitrogen and oxygen atoms in total. The van der Waals surface area contributed by atoms with Gasteiger partial charge < -0.3 is 11.1 Å². The zero-order chi connectivity index (χ0) is 14.9. The van der Waals surface area contributed by atoms with E-state index in [1.165, 1.54) is 11.3 Å². The highest BCUT2D eigenvalue weighted by Gasteiger charge is 2.33. The lowest BCUT2D eigenvalue weighted by atomic mass is 9.90. The molecular formula is C15H21ClN4OS. The van der Waals surface area contributed by atoms with Crippen LogP contribution in [-0.4, -0.2) is 42.0 Å². The zero-order valence-electron chi connectivity index (χ0n) is 12.5. The molecule has 0 spiro atoms. The first-order chi connectivity index (χ1) is 10.1. The maximum absolute atomic E-state index is 12.1. The largest absolute Gasteiger partial charge is 0.330 e. The molecule has 0 aliphatic carbocycles. The van der Waals surface area contributed by atoms with Crippen molar-refractivity contribution in [3.63, 3.8) is 0 Å². The van der Waals surface area contributed by atoms with Crippen LogP contribution in [0.5, 0.6) is 0 Å². The second-order valence-corrected chi connectivity index (χ2v) is 7.04. The Labute approximate surface area is 140 Å². The van der Waals surface area contributed by atoms with Crippen molar-refractivity contribution < 1.29 is 4.79 Å². The minimum absolute atomic E-state index is 0. The number of anilines is 1. The number of carbonyl (C=O) groups is 1. The number of rotatable bonds is 4. The number of likely N-dealkylation sites (tertiary alicyclic amines) is 1. The first-order valence-electron chi connectivity index (χ1n) is 7.16. The predicted molar refractivity (Wildman–Crippen MR) is 93.7 cm³/mol. The molecule has 2 aromatic rings. The number of thiazole rings is 1. The Balaban J connectivity index is 0.00000176. The fourth-order valence-corrected chi connectivity index (χ4v) is 3.60. The van der Waals surface area contributed by atoms with Gasteiger partial charge in [0.05, 0.1) is 16.8 Å². The SMILES string of the molecule is CC1(CN)CCN(CC(=O)Nc2nc3ccccc3s2)C1.Cl. The van der Waals surface area contributed by atoms with Crippen LogP contribution in [0.2, 0.25) is 0 Å². The van der Waals surface area contributed by atoms with Crippen molar-refractivity contribution in [2.75, 3.05) is 31.5 Å². The molecule has 3 N–H and O–H groups in total. The van der Waals surface area contributed by atoms with Crippen LogP contribution in [0.15, 0.2) is 24.3 Å². The summed E-state index contributed by atoms with van der Waals surface area (Å²) in [5.41, 5.74) is 6.87. The van der Waals surface area contributed by atoms with Crippen molar-refractivity contribution in [1.29, 1.82) is 0 Å². The Kier molecular flexibility index (Phi) is 5.39. The molecule has 0 radical (unpaired) electrons. The molecule has 1 amide bonds. The number of hydrogen-bond acceptors (Lipinski definition) is 5. The van der Waals surface area contributed by atoms with Crippen LogP contribution in [0.4, 0.5) is 5.13 Å². The number of nitrogens with one attached hydrogen (secondary N) is 1. The van der Waals surface area contributed by atoms with Crippen LogP contribution in [0, 0.1) is 5.41 Å². The molecule has 7 heteroatoms. The van der Waals surface area contributed by atoms with Gasteiger partial charge >= 0.3 is 0 Å². The van der Waals surface area contributed by atoms with E-state index in [9.17, 15) is 4.79 Å². The van der Waals surface area contributed by atoms with Gasteiger partial charge in [0.25, 0.3) is 0 Å². The summed E-state index contributed by atoms with van der Waals surface area (Å²) in [6.07, 6.45) is 1.05. The highest BCUT2D eigenvalue weighted by Crippen LogP contribution is 2.28. The Hall–Kier alpha value is -1.21.